The maximum atomic E-state index is 12.2. The third kappa shape index (κ3) is 4.72. The van der Waals surface area contributed by atoms with Crippen molar-refractivity contribution >= 4 is 23.4 Å². The number of ether oxygens (including phenoxy) is 1. The predicted octanol–water partition coefficient (Wildman–Crippen LogP) is 4.18. The van der Waals surface area contributed by atoms with Crippen molar-refractivity contribution in [2.45, 2.75) is 38.0 Å². The highest BCUT2D eigenvalue weighted by Gasteiger charge is 2.13. The van der Waals surface area contributed by atoms with Crippen molar-refractivity contribution in [2.75, 3.05) is 11.1 Å². The first-order valence-electron chi connectivity index (χ1n) is 9.22. The van der Waals surface area contributed by atoms with E-state index in [0.29, 0.717) is 11.1 Å². The summed E-state index contributed by atoms with van der Waals surface area (Å²) in [7, 11) is 0. The van der Waals surface area contributed by atoms with Crippen LogP contribution in [0, 0.1) is 6.92 Å². The topological polar surface area (TPSA) is 77.2 Å². The van der Waals surface area contributed by atoms with Gasteiger partial charge in [-0.25, -0.2) is 0 Å². The Balaban J connectivity index is 1.25. The average molecular weight is 395 g/mol. The molecular formula is C21H21N3O3S. The number of nitrogens with zero attached hydrogens (tertiary/aromatic N) is 2. The number of aryl methyl sites for hydroxylation is 3. The van der Waals surface area contributed by atoms with E-state index in [2.05, 4.69) is 27.6 Å². The number of benzene rings is 2. The molecule has 1 aliphatic rings. The Kier molecular flexibility index (Phi) is 5.62. The van der Waals surface area contributed by atoms with Crippen LogP contribution in [0.15, 0.2) is 52.1 Å². The highest BCUT2D eigenvalue weighted by molar-refractivity contribution is 7.99. The molecule has 1 aromatic heterocycles. The summed E-state index contributed by atoms with van der Waals surface area (Å²) >= 11 is 1.21. The molecular weight excluding hydrogens is 374 g/mol. The fourth-order valence-electron chi connectivity index (χ4n) is 3.18. The van der Waals surface area contributed by atoms with Crippen LogP contribution in [0.25, 0.3) is 0 Å². The van der Waals surface area contributed by atoms with Gasteiger partial charge >= 0.3 is 0 Å². The van der Waals surface area contributed by atoms with Crippen molar-refractivity contribution in [1.29, 1.82) is 0 Å². The van der Waals surface area contributed by atoms with E-state index in [1.54, 1.807) is 0 Å². The molecule has 0 unspecified atom stereocenters. The van der Waals surface area contributed by atoms with Crippen LogP contribution in [-0.4, -0.2) is 21.9 Å². The zero-order chi connectivity index (χ0) is 19.3. The van der Waals surface area contributed by atoms with E-state index in [0.717, 1.165) is 29.8 Å². The Morgan fingerprint density at radius 1 is 1.18 bits per heavy atom. The van der Waals surface area contributed by atoms with E-state index in [4.69, 9.17) is 9.15 Å². The van der Waals surface area contributed by atoms with Crippen molar-refractivity contribution < 1.29 is 13.9 Å². The quantitative estimate of drug-likeness (QED) is 0.605. The van der Waals surface area contributed by atoms with Crippen LogP contribution in [-0.2, 0) is 24.2 Å². The first-order chi connectivity index (χ1) is 13.7. The molecule has 144 valence electrons. The predicted molar refractivity (Wildman–Crippen MR) is 108 cm³/mol. The number of amides is 1. The number of fused-ring (bicyclic) bond motifs is 1. The lowest BCUT2D eigenvalue weighted by molar-refractivity contribution is -0.113. The van der Waals surface area contributed by atoms with E-state index in [1.165, 1.54) is 29.3 Å². The van der Waals surface area contributed by atoms with Crippen molar-refractivity contribution in [3.8, 4) is 5.75 Å². The summed E-state index contributed by atoms with van der Waals surface area (Å²) in [6, 6.07) is 13.9. The van der Waals surface area contributed by atoms with Gasteiger partial charge in [0.25, 0.3) is 11.1 Å². The minimum Gasteiger partial charge on any atom is -0.484 e. The fourth-order valence-corrected chi connectivity index (χ4v) is 3.76. The number of carbonyl (C=O) groups is 1. The lowest BCUT2D eigenvalue weighted by Crippen LogP contribution is -2.14. The van der Waals surface area contributed by atoms with Crippen LogP contribution in [0.2, 0.25) is 0 Å². The van der Waals surface area contributed by atoms with Crippen LogP contribution in [0.4, 0.5) is 5.69 Å². The van der Waals surface area contributed by atoms with Crippen LogP contribution < -0.4 is 10.1 Å². The Labute approximate surface area is 167 Å². The molecule has 1 amide bonds. The first kappa shape index (κ1) is 18.6. The molecule has 1 N–H and O–H groups in total. The third-order valence-corrected chi connectivity index (χ3v) is 5.33. The second-order valence-electron chi connectivity index (χ2n) is 6.74. The maximum Gasteiger partial charge on any atom is 0.277 e. The molecule has 1 aliphatic carbocycles. The molecule has 0 spiro atoms. The molecule has 0 fully saturated rings. The average Bonchev–Trinajstić information content (AvgIpc) is 3.33. The van der Waals surface area contributed by atoms with E-state index in [-0.39, 0.29) is 18.3 Å². The summed E-state index contributed by atoms with van der Waals surface area (Å²) in [4.78, 5) is 12.2. The van der Waals surface area contributed by atoms with Crippen molar-refractivity contribution in [3.63, 3.8) is 0 Å². The normalized spacial score (nSPS) is 12.6. The largest absolute Gasteiger partial charge is 0.484 e. The number of thioether (sulfide) groups is 1. The SMILES string of the molecule is Cc1cccc(OCc2nnc(SCC(=O)Nc3ccc4c(c3)CCC4)o2)c1. The van der Waals surface area contributed by atoms with Crippen LogP contribution >= 0.6 is 11.8 Å². The number of hydrogen-bond acceptors (Lipinski definition) is 6. The maximum absolute atomic E-state index is 12.2. The monoisotopic (exact) mass is 395 g/mol. The molecule has 4 rings (SSSR count). The lowest BCUT2D eigenvalue weighted by Gasteiger charge is -2.06. The summed E-state index contributed by atoms with van der Waals surface area (Å²) in [5, 5.41) is 11.2. The Morgan fingerprint density at radius 3 is 2.96 bits per heavy atom. The zero-order valence-electron chi connectivity index (χ0n) is 15.6. The zero-order valence-corrected chi connectivity index (χ0v) is 16.4. The van der Waals surface area contributed by atoms with Crippen LogP contribution in [0.3, 0.4) is 0 Å². The van der Waals surface area contributed by atoms with Gasteiger partial charge in [-0.1, -0.05) is 30.0 Å². The van der Waals surface area contributed by atoms with Crippen molar-refractivity contribution in [3.05, 3.63) is 65.0 Å². The summed E-state index contributed by atoms with van der Waals surface area (Å²) in [5.41, 5.74) is 4.68. The summed E-state index contributed by atoms with van der Waals surface area (Å²) in [5.74, 6) is 1.24. The molecule has 0 atom stereocenters. The molecule has 0 bridgehead atoms. The smallest absolute Gasteiger partial charge is 0.277 e. The summed E-state index contributed by atoms with van der Waals surface area (Å²) in [6.07, 6.45) is 3.41. The van der Waals surface area contributed by atoms with Gasteiger partial charge in [-0.3, -0.25) is 4.79 Å². The molecule has 6 nitrogen and oxygen atoms in total. The van der Waals surface area contributed by atoms with Gasteiger partial charge < -0.3 is 14.5 Å². The lowest BCUT2D eigenvalue weighted by atomic mass is 10.1. The fraction of sp³-hybridized carbons (Fsp3) is 0.286. The second kappa shape index (κ2) is 8.48. The number of anilines is 1. The molecule has 7 heteroatoms. The van der Waals surface area contributed by atoms with Crippen LogP contribution in [0.5, 0.6) is 5.75 Å². The highest BCUT2D eigenvalue weighted by Crippen LogP contribution is 2.25. The summed E-state index contributed by atoms with van der Waals surface area (Å²) in [6.45, 7) is 2.19. The van der Waals surface area contributed by atoms with Gasteiger partial charge in [-0.2, -0.15) is 0 Å². The molecule has 0 radical (unpaired) electrons. The molecule has 0 aliphatic heterocycles. The van der Waals surface area contributed by atoms with Gasteiger partial charge in [0.15, 0.2) is 6.61 Å². The van der Waals surface area contributed by atoms with Gasteiger partial charge in [-0.05, 0) is 67.1 Å². The number of rotatable bonds is 7. The number of hydrogen-bond donors (Lipinski definition) is 1. The van der Waals surface area contributed by atoms with Gasteiger partial charge in [0.05, 0.1) is 5.75 Å². The molecule has 0 saturated heterocycles. The van der Waals surface area contributed by atoms with Crippen molar-refractivity contribution in [2.24, 2.45) is 0 Å². The first-order valence-corrected chi connectivity index (χ1v) is 10.2. The summed E-state index contributed by atoms with van der Waals surface area (Å²) < 4.78 is 11.2. The van der Waals surface area contributed by atoms with E-state index in [1.807, 2.05) is 37.3 Å². The number of nitrogens with one attached hydrogen (secondary N) is 1. The number of aromatic nitrogens is 2. The van der Waals surface area contributed by atoms with E-state index >= 15 is 0 Å². The molecule has 2 aromatic carbocycles. The van der Waals surface area contributed by atoms with Crippen molar-refractivity contribution in [1.82, 2.24) is 10.2 Å². The molecule has 1 heterocycles. The molecule has 28 heavy (non-hydrogen) atoms. The van der Waals surface area contributed by atoms with Gasteiger partial charge in [0, 0.05) is 5.69 Å². The minimum atomic E-state index is -0.0984. The highest BCUT2D eigenvalue weighted by atomic mass is 32.2. The second-order valence-corrected chi connectivity index (χ2v) is 7.67. The standard InChI is InChI=1S/C21H21N3O3S/c1-14-4-2-7-18(10-14)26-12-20-23-24-21(27-20)28-13-19(25)22-17-9-8-15-5-3-6-16(15)11-17/h2,4,7-11H,3,5-6,12-13H2,1H3,(H,22,25). The Bertz CT molecular complexity index is 987. The van der Waals surface area contributed by atoms with E-state index < -0.39 is 0 Å². The third-order valence-electron chi connectivity index (χ3n) is 4.51. The van der Waals surface area contributed by atoms with Crippen LogP contribution in [0.1, 0.15) is 29.0 Å². The van der Waals surface area contributed by atoms with Gasteiger partial charge in [0.2, 0.25) is 5.91 Å². The molecule has 0 saturated carbocycles. The Morgan fingerprint density at radius 2 is 2.07 bits per heavy atom. The molecule has 3 aromatic rings. The van der Waals surface area contributed by atoms with E-state index in [9.17, 15) is 4.79 Å². The minimum absolute atomic E-state index is 0.0984. The number of carbonyl (C=O) groups excluding carboxylic acids is 1. The van der Waals surface area contributed by atoms with Gasteiger partial charge in [0.1, 0.15) is 5.75 Å². The Hall–Kier alpha value is -2.80. The van der Waals surface area contributed by atoms with Gasteiger partial charge in [-0.15, -0.1) is 10.2 Å².